The quantitative estimate of drug-likeness (QED) is 0.797. The summed E-state index contributed by atoms with van der Waals surface area (Å²) in [5, 5.41) is 12.2. The number of anilines is 2. The van der Waals surface area contributed by atoms with E-state index in [4.69, 9.17) is 11.0 Å². The molecule has 1 aliphatic rings. The molecule has 0 aliphatic carbocycles. The summed E-state index contributed by atoms with van der Waals surface area (Å²) >= 11 is 0. The van der Waals surface area contributed by atoms with Crippen LogP contribution in [-0.2, 0) is 0 Å². The predicted octanol–water partition coefficient (Wildman–Crippen LogP) is 1.89. The minimum absolute atomic E-state index is 0.542. The van der Waals surface area contributed by atoms with Crippen molar-refractivity contribution in [2.24, 2.45) is 5.92 Å². The van der Waals surface area contributed by atoms with E-state index in [0.717, 1.165) is 18.2 Å². The van der Waals surface area contributed by atoms with Crippen molar-refractivity contribution >= 4 is 11.4 Å². The first kappa shape index (κ1) is 12.7. The van der Waals surface area contributed by atoms with E-state index >= 15 is 0 Å². The van der Waals surface area contributed by atoms with Crippen molar-refractivity contribution in [2.75, 3.05) is 37.7 Å². The van der Waals surface area contributed by atoms with Gasteiger partial charge >= 0.3 is 0 Å². The molecule has 0 bridgehead atoms. The lowest BCUT2D eigenvalue weighted by Crippen LogP contribution is -2.32. The summed E-state index contributed by atoms with van der Waals surface area (Å²) in [6.07, 6.45) is 2.49. The number of nitrogen functional groups attached to an aromatic ring is 1. The molecule has 18 heavy (non-hydrogen) atoms. The second-order valence-corrected chi connectivity index (χ2v) is 5.04. The maximum atomic E-state index is 8.81. The second kappa shape index (κ2) is 5.74. The molecule has 4 nitrogen and oxygen atoms in total. The molecular weight excluding hydrogens is 224 g/mol. The Bertz CT molecular complexity index is 442. The molecule has 96 valence electrons. The fraction of sp³-hybridized carbons (Fsp3) is 0.500. The van der Waals surface area contributed by atoms with Crippen LogP contribution < -0.4 is 11.1 Å². The number of nitriles is 1. The topological polar surface area (TPSA) is 65.1 Å². The van der Waals surface area contributed by atoms with Gasteiger partial charge < -0.3 is 16.0 Å². The van der Waals surface area contributed by atoms with Gasteiger partial charge in [0.25, 0.3) is 0 Å². The highest BCUT2D eigenvalue weighted by Crippen LogP contribution is 2.20. The van der Waals surface area contributed by atoms with E-state index in [1.54, 1.807) is 6.07 Å². The first-order valence-corrected chi connectivity index (χ1v) is 6.41. The molecule has 0 aromatic heterocycles. The predicted molar refractivity (Wildman–Crippen MR) is 74.3 cm³/mol. The van der Waals surface area contributed by atoms with Crippen molar-refractivity contribution in [1.29, 1.82) is 5.26 Å². The molecule has 0 atom stereocenters. The number of benzene rings is 1. The van der Waals surface area contributed by atoms with Crippen LogP contribution in [0.5, 0.6) is 0 Å². The van der Waals surface area contributed by atoms with E-state index in [1.165, 1.54) is 25.9 Å². The van der Waals surface area contributed by atoms with E-state index in [-0.39, 0.29) is 0 Å². The number of nitrogens with zero attached hydrogens (tertiary/aromatic N) is 2. The fourth-order valence-electron chi connectivity index (χ4n) is 2.30. The van der Waals surface area contributed by atoms with Gasteiger partial charge in [0, 0.05) is 12.2 Å². The largest absolute Gasteiger partial charge is 0.398 e. The molecule has 0 spiro atoms. The van der Waals surface area contributed by atoms with Gasteiger partial charge in [0.15, 0.2) is 0 Å². The first-order valence-electron chi connectivity index (χ1n) is 6.41. The highest BCUT2D eigenvalue weighted by molar-refractivity contribution is 5.62. The lowest BCUT2D eigenvalue weighted by Gasteiger charge is -2.29. The van der Waals surface area contributed by atoms with Crippen molar-refractivity contribution in [1.82, 2.24) is 4.90 Å². The Hall–Kier alpha value is -1.73. The molecule has 0 radical (unpaired) electrons. The molecular formula is C14H20N4. The molecule has 0 amide bonds. The van der Waals surface area contributed by atoms with Crippen LogP contribution in [0, 0.1) is 17.2 Å². The smallest absolute Gasteiger partial charge is 0.101 e. The summed E-state index contributed by atoms with van der Waals surface area (Å²) in [6, 6.07) is 7.61. The normalized spacial score (nSPS) is 17.3. The Morgan fingerprint density at radius 2 is 2.17 bits per heavy atom. The van der Waals surface area contributed by atoms with Crippen LogP contribution in [0.2, 0.25) is 0 Å². The molecule has 1 saturated heterocycles. The summed E-state index contributed by atoms with van der Waals surface area (Å²) in [6.45, 7) is 3.35. The van der Waals surface area contributed by atoms with Gasteiger partial charge in [0.2, 0.25) is 0 Å². The van der Waals surface area contributed by atoms with Crippen molar-refractivity contribution in [3.63, 3.8) is 0 Å². The molecule has 1 aromatic rings. The number of likely N-dealkylation sites (tertiary alicyclic amines) is 1. The molecule has 1 aliphatic heterocycles. The Labute approximate surface area is 108 Å². The molecule has 3 N–H and O–H groups in total. The molecule has 1 fully saturated rings. The average Bonchev–Trinajstić information content (AvgIpc) is 2.38. The monoisotopic (exact) mass is 244 g/mol. The number of nitrogens with two attached hydrogens (primary N) is 1. The van der Waals surface area contributed by atoms with Crippen molar-refractivity contribution in [3.8, 4) is 6.07 Å². The molecule has 0 saturated carbocycles. The maximum Gasteiger partial charge on any atom is 0.101 e. The zero-order valence-corrected chi connectivity index (χ0v) is 10.8. The zero-order chi connectivity index (χ0) is 13.0. The lowest BCUT2D eigenvalue weighted by molar-refractivity contribution is 0.226. The number of nitrogens with one attached hydrogen (secondary N) is 1. The van der Waals surface area contributed by atoms with Crippen LogP contribution in [0.4, 0.5) is 11.4 Å². The van der Waals surface area contributed by atoms with Gasteiger partial charge in [0.05, 0.1) is 11.3 Å². The third-order valence-corrected chi connectivity index (χ3v) is 3.61. The molecule has 1 heterocycles. The Morgan fingerprint density at radius 3 is 2.78 bits per heavy atom. The van der Waals surface area contributed by atoms with E-state index in [2.05, 4.69) is 23.3 Å². The molecule has 1 aromatic carbocycles. The van der Waals surface area contributed by atoms with E-state index in [0.29, 0.717) is 11.3 Å². The van der Waals surface area contributed by atoms with Gasteiger partial charge in [-0.3, -0.25) is 0 Å². The number of piperidine rings is 1. The minimum Gasteiger partial charge on any atom is -0.398 e. The van der Waals surface area contributed by atoms with Crippen LogP contribution in [0.15, 0.2) is 18.2 Å². The third-order valence-electron chi connectivity index (χ3n) is 3.61. The van der Waals surface area contributed by atoms with Crippen LogP contribution in [0.25, 0.3) is 0 Å². The Morgan fingerprint density at radius 1 is 1.44 bits per heavy atom. The van der Waals surface area contributed by atoms with E-state index < -0.39 is 0 Å². The summed E-state index contributed by atoms with van der Waals surface area (Å²) in [4.78, 5) is 2.37. The van der Waals surface area contributed by atoms with E-state index in [9.17, 15) is 0 Å². The van der Waals surface area contributed by atoms with Gasteiger partial charge in [-0.05, 0) is 57.1 Å². The van der Waals surface area contributed by atoms with E-state index in [1.807, 2.05) is 12.1 Å². The summed E-state index contributed by atoms with van der Waals surface area (Å²) in [5.41, 5.74) is 7.88. The van der Waals surface area contributed by atoms with Gasteiger partial charge in [-0.25, -0.2) is 0 Å². The first-order chi connectivity index (χ1) is 8.69. The Kier molecular flexibility index (Phi) is 4.06. The lowest BCUT2D eigenvalue weighted by atomic mass is 9.97. The average molecular weight is 244 g/mol. The Balaban J connectivity index is 1.87. The van der Waals surface area contributed by atoms with Crippen molar-refractivity contribution in [2.45, 2.75) is 12.8 Å². The maximum absolute atomic E-state index is 8.81. The van der Waals surface area contributed by atoms with Crippen LogP contribution in [0.3, 0.4) is 0 Å². The van der Waals surface area contributed by atoms with Crippen LogP contribution in [0.1, 0.15) is 18.4 Å². The molecule has 2 rings (SSSR count). The standard InChI is InChI=1S/C14H20N4/c1-18-6-4-11(5-7-18)10-17-13-3-2-12(9-15)14(16)8-13/h2-3,8,11,17H,4-7,10,16H2,1H3. The highest BCUT2D eigenvalue weighted by Gasteiger charge is 2.16. The summed E-state index contributed by atoms with van der Waals surface area (Å²) in [5.74, 6) is 0.734. The second-order valence-electron chi connectivity index (χ2n) is 5.04. The number of hydrogen-bond acceptors (Lipinski definition) is 4. The van der Waals surface area contributed by atoms with Crippen molar-refractivity contribution in [3.05, 3.63) is 23.8 Å². The van der Waals surface area contributed by atoms with Crippen molar-refractivity contribution < 1.29 is 0 Å². The summed E-state index contributed by atoms with van der Waals surface area (Å²) < 4.78 is 0. The van der Waals surface area contributed by atoms with Gasteiger partial charge in [-0.1, -0.05) is 0 Å². The van der Waals surface area contributed by atoms with Gasteiger partial charge in [-0.15, -0.1) is 0 Å². The molecule has 0 unspecified atom stereocenters. The van der Waals surface area contributed by atoms with Gasteiger partial charge in [0.1, 0.15) is 6.07 Å². The number of hydrogen-bond donors (Lipinski definition) is 2. The minimum atomic E-state index is 0.542. The molecule has 4 heteroatoms. The highest BCUT2D eigenvalue weighted by atomic mass is 15.1. The number of rotatable bonds is 3. The zero-order valence-electron chi connectivity index (χ0n) is 10.8. The third kappa shape index (κ3) is 3.14. The SMILES string of the molecule is CN1CCC(CNc2ccc(C#N)c(N)c2)CC1. The van der Waals surface area contributed by atoms with Crippen LogP contribution in [-0.4, -0.2) is 31.6 Å². The fourth-order valence-corrected chi connectivity index (χ4v) is 2.30. The summed E-state index contributed by atoms with van der Waals surface area (Å²) in [7, 11) is 2.17. The van der Waals surface area contributed by atoms with Crippen LogP contribution >= 0.6 is 0 Å². The van der Waals surface area contributed by atoms with Gasteiger partial charge in [-0.2, -0.15) is 5.26 Å².